The Balaban J connectivity index is 2.81. The Kier molecular flexibility index (Phi) is 8.11. The van der Waals surface area contributed by atoms with Gasteiger partial charge in [0.25, 0.3) is 10.2 Å². The highest BCUT2D eigenvalue weighted by molar-refractivity contribution is 7.87. The summed E-state index contributed by atoms with van der Waals surface area (Å²) in [6.07, 6.45) is 1.50. The molecule has 1 fully saturated rings. The van der Waals surface area contributed by atoms with Crippen molar-refractivity contribution in [1.82, 2.24) is 9.03 Å². The lowest BCUT2D eigenvalue weighted by Gasteiger charge is -2.31. The number of hydrogen-bond acceptors (Lipinski definition) is 6. The number of nitrogens with one attached hydrogen (secondary N) is 1. The molecular formula is C15H28N2O6S. The van der Waals surface area contributed by atoms with Crippen LogP contribution in [-0.4, -0.2) is 57.5 Å². The highest BCUT2D eigenvalue weighted by atomic mass is 32.2. The molecule has 0 aliphatic carbocycles. The van der Waals surface area contributed by atoms with Crippen LogP contribution in [0.3, 0.4) is 0 Å². The number of ether oxygens (including phenoxy) is 2. The van der Waals surface area contributed by atoms with E-state index in [9.17, 15) is 18.0 Å². The molecule has 0 spiro atoms. The van der Waals surface area contributed by atoms with Crippen LogP contribution in [0.5, 0.6) is 0 Å². The minimum Gasteiger partial charge on any atom is -0.468 e. The summed E-state index contributed by atoms with van der Waals surface area (Å²) in [4.78, 5) is 23.7. The fourth-order valence-corrected chi connectivity index (χ4v) is 4.12. The fraction of sp³-hybridized carbons (Fsp3) is 0.867. The molecule has 0 radical (unpaired) electrons. The molecule has 1 N–H and O–H groups in total. The molecule has 0 unspecified atom stereocenters. The van der Waals surface area contributed by atoms with Crippen molar-refractivity contribution in [3.05, 3.63) is 0 Å². The molecule has 0 saturated carbocycles. The van der Waals surface area contributed by atoms with Gasteiger partial charge in [0, 0.05) is 13.1 Å². The summed E-state index contributed by atoms with van der Waals surface area (Å²) in [6.45, 7) is 6.12. The topological polar surface area (TPSA) is 102 Å². The summed E-state index contributed by atoms with van der Waals surface area (Å²) >= 11 is 0. The smallest absolute Gasteiger partial charge is 0.323 e. The molecule has 0 aromatic carbocycles. The monoisotopic (exact) mass is 364 g/mol. The van der Waals surface area contributed by atoms with Gasteiger partial charge in [-0.1, -0.05) is 13.8 Å². The van der Waals surface area contributed by atoms with E-state index in [-0.39, 0.29) is 25.0 Å². The number of methoxy groups -OCH3 is 1. The van der Waals surface area contributed by atoms with Crippen molar-refractivity contribution in [1.29, 1.82) is 0 Å². The quantitative estimate of drug-likeness (QED) is 0.636. The number of rotatable bonds is 8. The Morgan fingerprint density at radius 3 is 2.54 bits per heavy atom. The van der Waals surface area contributed by atoms with E-state index in [0.29, 0.717) is 25.8 Å². The third kappa shape index (κ3) is 6.03. The maximum absolute atomic E-state index is 12.6. The molecule has 0 aromatic rings. The second-order valence-corrected chi connectivity index (χ2v) is 7.98. The van der Waals surface area contributed by atoms with Crippen molar-refractivity contribution in [2.45, 2.75) is 46.1 Å². The molecule has 9 heteroatoms. The van der Waals surface area contributed by atoms with Gasteiger partial charge in [0.1, 0.15) is 6.04 Å². The molecule has 1 saturated heterocycles. The lowest BCUT2D eigenvalue weighted by Crippen LogP contribution is -2.52. The highest BCUT2D eigenvalue weighted by Crippen LogP contribution is 2.20. The van der Waals surface area contributed by atoms with Crippen molar-refractivity contribution >= 4 is 22.1 Å². The third-order valence-electron chi connectivity index (χ3n) is 3.83. The molecular weight excluding hydrogens is 336 g/mol. The zero-order chi connectivity index (χ0) is 18.3. The maximum atomic E-state index is 12.6. The Morgan fingerprint density at radius 1 is 1.33 bits per heavy atom. The van der Waals surface area contributed by atoms with Crippen LogP contribution in [-0.2, 0) is 29.3 Å². The van der Waals surface area contributed by atoms with Gasteiger partial charge < -0.3 is 9.47 Å². The molecule has 0 amide bonds. The van der Waals surface area contributed by atoms with Crippen molar-refractivity contribution in [2.24, 2.45) is 11.8 Å². The van der Waals surface area contributed by atoms with E-state index in [0.717, 1.165) is 0 Å². The zero-order valence-electron chi connectivity index (χ0n) is 14.8. The van der Waals surface area contributed by atoms with Crippen LogP contribution >= 0.6 is 0 Å². The normalized spacial score (nSPS) is 20.6. The van der Waals surface area contributed by atoms with Crippen molar-refractivity contribution in [3.8, 4) is 0 Å². The number of carbonyl (C=O) groups is 2. The summed E-state index contributed by atoms with van der Waals surface area (Å²) in [6, 6.07) is -0.942. The van der Waals surface area contributed by atoms with Gasteiger partial charge in [-0.05, 0) is 32.1 Å². The van der Waals surface area contributed by atoms with E-state index < -0.39 is 28.1 Å². The van der Waals surface area contributed by atoms with E-state index >= 15 is 0 Å². The predicted molar refractivity (Wildman–Crippen MR) is 88.2 cm³/mol. The van der Waals surface area contributed by atoms with E-state index in [4.69, 9.17) is 4.74 Å². The Hall–Kier alpha value is -1.19. The van der Waals surface area contributed by atoms with Gasteiger partial charge in [-0.25, -0.2) is 0 Å². The Bertz CT molecular complexity index is 534. The Morgan fingerprint density at radius 2 is 2.00 bits per heavy atom. The molecule has 0 bridgehead atoms. The number of esters is 2. The first-order valence-corrected chi connectivity index (χ1v) is 9.67. The van der Waals surface area contributed by atoms with Gasteiger partial charge in [-0.3, -0.25) is 9.59 Å². The van der Waals surface area contributed by atoms with Crippen LogP contribution in [0.1, 0.15) is 40.0 Å². The minimum atomic E-state index is -3.89. The first-order valence-electron chi connectivity index (χ1n) is 8.23. The van der Waals surface area contributed by atoms with Crippen LogP contribution in [0.25, 0.3) is 0 Å². The molecule has 1 heterocycles. The lowest BCUT2D eigenvalue weighted by molar-refractivity contribution is -0.149. The second kappa shape index (κ2) is 9.33. The Labute approximate surface area is 144 Å². The van der Waals surface area contributed by atoms with Crippen LogP contribution in [0, 0.1) is 11.8 Å². The van der Waals surface area contributed by atoms with Crippen LogP contribution in [0.15, 0.2) is 0 Å². The SMILES string of the molecule is CCOC(=O)[C@H]1CCCN(S(=O)(=O)N[C@H](CC(C)C)C(=O)OC)C1. The van der Waals surface area contributed by atoms with Gasteiger partial charge >= 0.3 is 11.9 Å². The number of piperidine rings is 1. The van der Waals surface area contributed by atoms with E-state index in [1.165, 1.54) is 11.4 Å². The second-order valence-electron chi connectivity index (χ2n) is 6.28. The first kappa shape index (κ1) is 20.9. The van der Waals surface area contributed by atoms with Crippen molar-refractivity contribution < 1.29 is 27.5 Å². The van der Waals surface area contributed by atoms with Crippen LogP contribution in [0.4, 0.5) is 0 Å². The average molecular weight is 364 g/mol. The van der Waals surface area contributed by atoms with Gasteiger partial charge in [-0.2, -0.15) is 17.4 Å². The van der Waals surface area contributed by atoms with Gasteiger partial charge in [-0.15, -0.1) is 0 Å². The summed E-state index contributed by atoms with van der Waals surface area (Å²) in [7, 11) is -2.67. The number of hydrogen-bond donors (Lipinski definition) is 1. The largest absolute Gasteiger partial charge is 0.468 e. The van der Waals surface area contributed by atoms with Crippen LogP contribution < -0.4 is 4.72 Å². The predicted octanol–water partition coefficient (Wildman–Crippen LogP) is 0.684. The first-order chi connectivity index (χ1) is 11.2. The molecule has 0 aromatic heterocycles. The molecule has 1 aliphatic heterocycles. The summed E-state index contributed by atoms with van der Waals surface area (Å²) in [5.41, 5.74) is 0. The molecule has 24 heavy (non-hydrogen) atoms. The van der Waals surface area contributed by atoms with E-state index in [1.807, 2.05) is 13.8 Å². The molecule has 1 aliphatic rings. The molecule has 2 atom stereocenters. The number of nitrogens with zero attached hydrogens (tertiary/aromatic N) is 1. The van der Waals surface area contributed by atoms with Gasteiger partial charge in [0.05, 0.1) is 19.6 Å². The number of carbonyl (C=O) groups excluding carboxylic acids is 2. The van der Waals surface area contributed by atoms with Crippen molar-refractivity contribution in [2.75, 3.05) is 26.8 Å². The van der Waals surface area contributed by atoms with Crippen molar-refractivity contribution in [3.63, 3.8) is 0 Å². The van der Waals surface area contributed by atoms with Gasteiger partial charge in [0.2, 0.25) is 0 Å². The fourth-order valence-electron chi connectivity index (χ4n) is 2.67. The van der Waals surface area contributed by atoms with Crippen LogP contribution in [0.2, 0.25) is 0 Å². The lowest BCUT2D eigenvalue weighted by atomic mass is 10.0. The molecule has 8 nitrogen and oxygen atoms in total. The molecule has 1 rings (SSSR count). The summed E-state index contributed by atoms with van der Waals surface area (Å²) < 4.78 is 38.4. The third-order valence-corrected chi connectivity index (χ3v) is 5.42. The maximum Gasteiger partial charge on any atom is 0.323 e. The standard InChI is InChI=1S/C15H28N2O6S/c1-5-23-14(18)12-7-6-8-17(10-12)24(20,21)16-13(9-11(2)3)15(19)22-4/h11-13,16H,5-10H2,1-4H3/t12-,13+/m0/s1. The van der Waals surface area contributed by atoms with E-state index in [2.05, 4.69) is 9.46 Å². The molecule has 140 valence electrons. The average Bonchev–Trinajstić information content (AvgIpc) is 2.53. The minimum absolute atomic E-state index is 0.0593. The zero-order valence-corrected chi connectivity index (χ0v) is 15.6. The highest BCUT2D eigenvalue weighted by Gasteiger charge is 2.35. The summed E-state index contributed by atoms with van der Waals surface area (Å²) in [5.74, 6) is -1.36. The van der Waals surface area contributed by atoms with Gasteiger partial charge in [0.15, 0.2) is 0 Å². The summed E-state index contributed by atoms with van der Waals surface area (Å²) in [5, 5.41) is 0. The van der Waals surface area contributed by atoms with E-state index in [1.54, 1.807) is 6.92 Å².